The maximum Gasteiger partial charge on any atom is 0.343 e. The normalized spacial score (nSPS) is 11.9. The van der Waals surface area contributed by atoms with Crippen LogP contribution in [0, 0.1) is 5.82 Å². The molecule has 1 heterocycles. The first-order valence-electron chi connectivity index (χ1n) is 6.85. The van der Waals surface area contributed by atoms with E-state index in [0.717, 1.165) is 6.07 Å². The summed E-state index contributed by atoms with van der Waals surface area (Å²) in [6, 6.07) is 8.63. The molecule has 124 valence electrons. The molecule has 1 amide bonds. The quantitative estimate of drug-likeness (QED) is 0.857. The monoisotopic (exact) mass is 351 g/mol. The molecule has 0 aliphatic carbocycles. The van der Waals surface area contributed by atoms with Gasteiger partial charge in [0.15, 0.2) is 18.1 Å². The third kappa shape index (κ3) is 3.41. The van der Waals surface area contributed by atoms with Crippen LogP contribution in [0.5, 0.6) is 11.5 Å². The number of carbonyl (C=O) groups excluding carboxylic acids is 2. The van der Waals surface area contributed by atoms with E-state index in [1.807, 2.05) is 0 Å². The highest BCUT2D eigenvalue weighted by molar-refractivity contribution is 6.33. The number of ether oxygens (including phenoxy) is 3. The lowest BCUT2D eigenvalue weighted by atomic mass is 10.2. The minimum Gasteiger partial charge on any atom is -0.454 e. The molecule has 0 fully saturated rings. The topological polar surface area (TPSA) is 73.9 Å². The van der Waals surface area contributed by atoms with Crippen molar-refractivity contribution in [3.8, 4) is 11.5 Å². The van der Waals surface area contributed by atoms with Crippen LogP contribution in [0.2, 0.25) is 5.02 Å². The predicted molar refractivity (Wildman–Crippen MR) is 82.9 cm³/mol. The van der Waals surface area contributed by atoms with E-state index in [1.165, 1.54) is 12.1 Å². The zero-order chi connectivity index (χ0) is 17.1. The third-order valence-corrected chi connectivity index (χ3v) is 3.47. The van der Waals surface area contributed by atoms with Crippen LogP contribution in [0.1, 0.15) is 10.4 Å². The fraction of sp³-hybridized carbons (Fsp3) is 0.125. The number of carbonyl (C=O) groups is 2. The van der Waals surface area contributed by atoms with Crippen molar-refractivity contribution in [2.24, 2.45) is 0 Å². The molecule has 0 atom stereocenters. The Labute approximate surface area is 141 Å². The molecule has 0 bridgehead atoms. The molecule has 1 aliphatic heterocycles. The summed E-state index contributed by atoms with van der Waals surface area (Å²) < 4.78 is 28.7. The minimum absolute atomic E-state index is 0.0869. The molecule has 0 unspecified atom stereocenters. The van der Waals surface area contributed by atoms with Gasteiger partial charge in [-0.05, 0) is 24.3 Å². The molecule has 1 N–H and O–H groups in total. The summed E-state index contributed by atoms with van der Waals surface area (Å²) in [4.78, 5) is 23.7. The zero-order valence-corrected chi connectivity index (χ0v) is 12.9. The Morgan fingerprint density at radius 3 is 2.79 bits per heavy atom. The summed E-state index contributed by atoms with van der Waals surface area (Å²) in [6.45, 7) is -0.467. The van der Waals surface area contributed by atoms with Crippen LogP contribution in [0.4, 0.5) is 10.1 Å². The first-order chi connectivity index (χ1) is 11.5. The predicted octanol–water partition coefficient (Wildman–Crippen LogP) is 3.00. The van der Waals surface area contributed by atoms with Crippen molar-refractivity contribution < 1.29 is 28.2 Å². The summed E-state index contributed by atoms with van der Waals surface area (Å²) in [6.07, 6.45) is 0. The Hall–Kier alpha value is -2.80. The lowest BCUT2D eigenvalue weighted by molar-refractivity contribution is -0.119. The molecule has 8 heteroatoms. The van der Waals surface area contributed by atoms with Crippen molar-refractivity contribution in [1.82, 2.24) is 0 Å². The number of benzene rings is 2. The van der Waals surface area contributed by atoms with Crippen molar-refractivity contribution in [3.63, 3.8) is 0 Å². The molecule has 6 nitrogen and oxygen atoms in total. The molecule has 0 saturated carbocycles. The maximum absolute atomic E-state index is 13.6. The molecule has 2 aromatic rings. The third-order valence-electron chi connectivity index (χ3n) is 3.16. The molecule has 1 aliphatic rings. The highest BCUT2D eigenvalue weighted by atomic mass is 35.5. The van der Waals surface area contributed by atoms with Gasteiger partial charge in [-0.3, -0.25) is 4.79 Å². The minimum atomic E-state index is -1.01. The average molecular weight is 352 g/mol. The van der Waals surface area contributed by atoms with Gasteiger partial charge < -0.3 is 19.5 Å². The van der Waals surface area contributed by atoms with Crippen LogP contribution in [0.15, 0.2) is 36.4 Å². The van der Waals surface area contributed by atoms with Crippen molar-refractivity contribution in [2.75, 3.05) is 18.7 Å². The van der Waals surface area contributed by atoms with Crippen molar-refractivity contribution in [3.05, 3.63) is 52.8 Å². The number of anilines is 1. The van der Waals surface area contributed by atoms with Crippen LogP contribution in [0.25, 0.3) is 0 Å². The number of hydrogen-bond acceptors (Lipinski definition) is 5. The second-order valence-corrected chi connectivity index (χ2v) is 5.20. The lowest BCUT2D eigenvalue weighted by Crippen LogP contribution is -2.21. The molecular weight excluding hydrogens is 341 g/mol. The second kappa shape index (κ2) is 6.76. The van der Waals surface area contributed by atoms with E-state index >= 15 is 0 Å². The van der Waals surface area contributed by atoms with Crippen LogP contribution in [-0.2, 0) is 9.53 Å². The highest BCUT2D eigenvalue weighted by Crippen LogP contribution is 2.34. The molecule has 0 radical (unpaired) electrons. The summed E-state index contributed by atoms with van der Waals surface area (Å²) in [7, 11) is 0. The van der Waals surface area contributed by atoms with Gasteiger partial charge in [0.1, 0.15) is 11.4 Å². The van der Waals surface area contributed by atoms with Crippen LogP contribution in [-0.4, -0.2) is 25.3 Å². The van der Waals surface area contributed by atoms with Gasteiger partial charge in [0.25, 0.3) is 5.91 Å². The van der Waals surface area contributed by atoms with Crippen LogP contribution in [0.3, 0.4) is 0 Å². The molecule has 24 heavy (non-hydrogen) atoms. The number of hydrogen-bond donors (Lipinski definition) is 1. The average Bonchev–Trinajstić information content (AvgIpc) is 3.00. The van der Waals surface area contributed by atoms with Gasteiger partial charge in [-0.2, -0.15) is 0 Å². The van der Waals surface area contributed by atoms with Gasteiger partial charge in [0.05, 0.1) is 5.02 Å². The lowest BCUT2D eigenvalue weighted by Gasteiger charge is -2.08. The number of rotatable bonds is 4. The molecule has 0 aromatic heterocycles. The van der Waals surface area contributed by atoms with Crippen LogP contribution < -0.4 is 14.8 Å². The van der Waals surface area contributed by atoms with E-state index in [2.05, 4.69) is 5.32 Å². The highest BCUT2D eigenvalue weighted by Gasteiger charge is 2.19. The molecule has 3 rings (SSSR count). The number of amides is 1. The van der Waals surface area contributed by atoms with E-state index in [-0.39, 0.29) is 11.8 Å². The Morgan fingerprint density at radius 2 is 2.00 bits per heavy atom. The van der Waals surface area contributed by atoms with Crippen LogP contribution >= 0.6 is 11.6 Å². The van der Waals surface area contributed by atoms with E-state index < -0.39 is 29.9 Å². The SMILES string of the molecule is O=C(COC(=O)c1c(F)cccc1Cl)Nc1ccc2c(c1)OCO2. The zero-order valence-electron chi connectivity index (χ0n) is 12.2. The number of halogens is 2. The number of nitrogens with one attached hydrogen (secondary N) is 1. The standard InChI is InChI=1S/C16H11ClFNO5/c17-10-2-1-3-11(18)15(10)16(21)22-7-14(20)19-9-4-5-12-13(6-9)24-8-23-12/h1-6H,7-8H2,(H,19,20). The van der Waals surface area contributed by atoms with Crippen molar-refractivity contribution in [2.45, 2.75) is 0 Å². The summed E-state index contributed by atoms with van der Waals surface area (Å²) in [5, 5.41) is 2.44. The van der Waals surface area contributed by atoms with E-state index in [9.17, 15) is 14.0 Å². The smallest absolute Gasteiger partial charge is 0.343 e. The Balaban J connectivity index is 1.59. The van der Waals surface area contributed by atoms with Gasteiger partial charge in [-0.25, -0.2) is 9.18 Å². The Kier molecular flexibility index (Phi) is 4.52. The molecule has 0 saturated heterocycles. The van der Waals surface area contributed by atoms with Crippen molar-refractivity contribution >= 4 is 29.2 Å². The van der Waals surface area contributed by atoms with E-state index in [0.29, 0.717) is 17.2 Å². The van der Waals surface area contributed by atoms with Crippen molar-refractivity contribution in [1.29, 1.82) is 0 Å². The summed E-state index contributed by atoms with van der Waals surface area (Å²) >= 11 is 5.76. The number of fused-ring (bicyclic) bond motifs is 1. The molecule has 2 aromatic carbocycles. The fourth-order valence-corrected chi connectivity index (χ4v) is 2.31. The van der Waals surface area contributed by atoms with Gasteiger partial charge in [-0.15, -0.1) is 0 Å². The Bertz CT molecular complexity index is 791. The number of esters is 1. The molecule has 0 spiro atoms. The first kappa shape index (κ1) is 16.1. The first-order valence-corrected chi connectivity index (χ1v) is 7.23. The van der Waals surface area contributed by atoms with Gasteiger partial charge in [0, 0.05) is 11.8 Å². The Morgan fingerprint density at radius 1 is 1.21 bits per heavy atom. The molecular formula is C16H11ClFNO5. The summed E-state index contributed by atoms with van der Waals surface area (Å²) in [5.74, 6) is -1.34. The summed E-state index contributed by atoms with van der Waals surface area (Å²) in [5.41, 5.74) is 0.0410. The maximum atomic E-state index is 13.6. The largest absolute Gasteiger partial charge is 0.454 e. The van der Waals surface area contributed by atoms with Gasteiger partial charge in [0.2, 0.25) is 6.79 Å². The van der Waals surface area contributed by atoms with Gasteiger partial charge in [-0.1, -0.05) is 17.7 Å². The fourth-order valence-electron chi connectivity index (χ4n) is 2.07. The van der Waals surface area contributed by atoms with E-state index in [4.69, 9.17) is 25.8 Å². The van der Waals surface area contributed by atoms with E-state index in [1.54, 1.807) is 18.2 Å². The second-order valence-electron chi connectivity index (χ2n) is 4.79. The van der Waals surface area contributed by atoms with Gasteiger partial charge >= 0.3 is 5.97 Å².